The van der Waals surface area contributed by atoms with Gasteiger partial charge >= 0.3 is 5.97 Å². The Bertz CT molecular complexity index is 558. The molecule has 0 saturated carbocycles. The normalized spacial score (nSPS) is 10.1. The molecule has 0 spiro atoms. The van der Waals surface area contributed by atoms with Crippen LogP contribution < -0.4 is 0 Å². The zero-order chi connectivity index (χ0) is 13.0. The molecule has 3 nitrogen and oxygen atoms in total. The average molecular weight is 282 g/mol. The van der Waals surface area contributed by atoms with Gasteiger partial charge in [-0.2, -0.15) is 0 Å². The lowest BCUT2D eigenvalue weighted by Gasteiger charge is -2.06. The van der Waals surface area contributed by atoms with Crippen molar-refractivity contribution in [3.63, 3.8) is 0 Å². The Hall–Kier alpha value is -1.58. The fraction of sp³-hybridized carbons (Fsp3) is 0.0769. The first-order chi connectivity index (χ1) is 8.66. The SMILES string of the molecule is O=C(OCc1ccc(Cl)cc1Cl)c1cccnc1. The molecule has 18 heavy (non-hydrogen) atoms. The summed E-state index contributed by atoms with van der Waals surface area (Å²) in [5.41, 5.74) is 1.11. The van der Waals surface area contributed by atoms with Crippen LogP contribution in [0.15, 0.2) is 42.7 Å². The fourth-order valence-corrected chi connectivity index (χ4v) is 1.81. The van der Waals surface area contributed by atoms with Gasteiger partial charge in [0.2, 0.25) is 0 Å². The number of pyridine rings is 1. The van der Waals surface area contributed by atoms with Crippen LogP contribution >= 0.6 is 23.2 Å². The maximum absolute atomic E-state index is 11.7. The van der Waals surface area contributed by atoms with Crippen molar-refractivity contribution < 1.29 is 9.53 Å². The van der Waals surface area contributed by atoms with Gasteiger partial charge in [-0.05, 0) is 24.3 Å². The number of hydrogen-bond donors (Lipinski definition) is 0. The van der Waals surface area contributed by atoms with Gasteiger partial charge in [0.1, 0.15) is 6.61 Å². The summed E-state index contributed by atoms with van der Waals surface area (Å²) in [6, 6.07) is 8.34. The Morgan fingerprint density at radius 1 is 1.28 bits per heavy atom. The van der Waals surface area contributed by atoms with Gasteiger partial charge in [0, 0.05) is 28.0 Å². The van der Waals surface area contributed by atoms with Crippen molar-refractivity contribution in [3.05, 3.63) is 63.9 Å². The number of benzene rings is 1. The van der Waals surface area contributed by atoms with Crippen LogP contribution in [0.25, 0.3) is 0 Å². The summed E-state index contributed by atoms with van der Waals surface area (Å²) in [5.74, 6) is -0.436. The Balaban J connectivity index is 2.02. The first-order valence-electron chi connectivity index (χ1n) is 5.18. The van der Waals surface area contributed by atoms with Crippen LogP contribution in [0, 0.1) is 0 Å². The molecule has 1 heterocycles. The van der Waals surface area contributed by atoms with Crippen LogP contribution in [0.3, 0.4) is 0 Å². The first-order valence-corrected chi connectivity index (χ1v) is 5.93. The van der Waals surface area contributed by atoms with E-state index in [1.807, 2.05) is 0 Å². The summed E-state index contributed by atoms with van der Waals surface area (Å²) in [7, 11) is 0. The van der Waals surface area contributed by atoms with Crippen LogP contribution in [0.2, 0.25) is 10.0 Å². The van der Waals surface area contributed by atoms with E-state index in [1.54, 1.807) is 36.5 Å². The van der Waals surface area contributed by atoms with Crippen molar-refractivity contribution in [2.24, 2.45) is 0 Å². The minimum Gasteiger partial charge on any atom is -0.457 e. The smallest absolute Gasteiger partial charge is 0.340 e. The average Bonchev–Trinajstić information content (AvgIpc) is 2.38. The minimum absolute atomic E-state index is 0.101. The summed E-state index contributed by atoms with van der Waals surface area (Å²) >= 11 is 11.7. The lowest BCUT2D eigenvalue weighted by atomic mass is 10.2. The van der Waals surface area contributed by atoms with E-state index in [0.717, 1.165) is 0 Å². The van der Waals surface area contributed by atoms with Crippen LogP contribution in [-0.4, -0.2) is 11.0 Å². The van der Waals surface area contributed by atoms with Crippen molar-refractivity contribution in [2.45, 2.75) is 6.61 Å². The molecule has 0 atom stereocenters. The number of nitrogens with zero attached hydrogens (tertiary/aromatic N) is 1. The molecule has 0 aliphatic heterocycles. The standard InChI is InChI=1S/C13H9Cl2NO2/c14-11-4-3-10(12(15)6-11)8-18-13(17)9-2-1-5-16-7-9/h1-7H,8H2. The third-order valence-corrected chi connectivity index (χ3v) is 2.86. The molecule has 2 rings (SSSR count). The summed E-state index contributed by atoms with van der Waals surface area (Å²) in [6.07, 6.45) is 3.04. The van der Waals surface area contributed by atoms with E-state index in [4.69, 9.17) is 27.9 Å². The zero-order valence-electron chi connectivity index (χ0n) is 9.27. The van der Waals surface area contributed by atoms with Gasteiger partial charge in [-0.3, -0.25) is 4.98 Å². The number of esters is 1. The van der Waals surface area contributed by atoms with Crippen LogP contribution in [-0.2, 0) is 11.3 Å². The van der Waals surface area contributed by atoms with Crippen LogP contribution in [0.4, 0.5) is 0 Å². The molecule has 5 heteroatoms. The number of carbonyl (C=O) groups is 1. The van der Waals surface area contributed by atoms with E-state index < -0.39 is 5.97 Å². The highest BCUT2D eigenvalue weighted by atomic mass is 35.5. The molecule has 92 valence electrons. The van der Waals surface area contributed by atoms with E-state index in [0.29, 0.717) is 21.2 Å². The minimum atomic E-state index is -0.436. The molecule has 1 aromatic carbocycles. The van der Waals surface area contributed by atoms with E-state index in [2.05, 4.69) is 4.98 Å². The highest BCUT2D eigenvalue weighted by Crippen LogP contribution is 2.21. The van der Waals surface area contributed by atoms with E-state index in [9.17, 15) is 4.79 Å². The predicted molar refractivity (Wildman–Crippen MR) is 69.8 cm³/mol. The Morgan fingerprint density at radius 3 is 2.78 bits per heavy atom. The molecule has 0 unspecified atom stereocenters. The van der Waals surface area contributed by atoms with E-state index in [-0.39, 0.29) is 6.61 Å². The van der Waals surface area contributed by atoms with Crippen molar-refractivity contribution in [1.29, 1.82) is 0 Å². The summed E-state index contributed by atoms with van der Waals surface area (Å²) in [6.45, 7) is 0.101. The lowest BCUT2D eigenvalue weighted by molar-refractivity contribution is 0.0472. The summed E-state index contributed by atoms with van der Waals surface area (Å²) in [5, 5.41) is 1.02. The molecule has 1 aromatic heterocycles. The molecule has 0 aliphatic carbocycles. The van der Waals surface area contributed by atoms with Gasteiger partial charge in [0.25, 0.3) is 0 Å². The number of carbonyl (C=O) groups excluding carboxylic acids is 1. The number of halogens is 2. The molecule has 0 bridgehead atoms. The second-order valence-electron chi connectivity index (χ2n) is 3.55. The van der Waals surface area contributed by atoms with Gasteiger partial charge in [-0.15, -0.1) is 0 Å². The second-order valence-corrected chi connectivity index (χ2v) is 4.40. The molecule has 0 radical (unpaired) electrons. The molecule has 0 aliphatic rings. The van der Waals surface area contributed by atoms with Crippen LogP contribution in [0.1, 0.15) is 15.9 Å². The molecular weight excluding hydrogens is 273 g/mol. The van der Waals surface area contributed by atoms with Crippen LogP contribution in [0.5, 0.6) is 0 Å². The predicted octanol–water partition coefficient (Wildman–Crippen LogP) is 3.75. The van der Waals surface area contributed by atoms with Gasteiger partial charge in [-0.25, -0.2) is 4.79 Å². The third-order valence-electron chi connectivity index (χ3n) is 2.27. The van der Waals surface area contributed by atoms with Gasteiger partial charge in [0.15, 0.2) is 0 Å². The maximum Gasteiger partial charge on any atom is 0.340 e. The number of aromatic nitrogens is 1. The number of hydrogen-bond acceptors (Lipinski definition) is 3. The van der Waals surface area contributed by atoms with Crippen molar-refractivity contribution in [1.82, 2.24) is 4.98 Å². The monoisotopic (exact) mass is 281 g/mol. The highest BCUT2D eigenvalue weighted by Gasteiger charge is 2.08. The summed E-state index contributed by atoms with van der Waals surface area (Å²) in [4.78, 5) is 15.5. The van der Waals surface area contributed by atoms with Gasteiger partial charge < -0.3 is 4.74 Å². The highest BCUT2D eigenvalue weighted by molar-refractivity contribution is 6.35. The van der Waals surface area contributed by atoms with Crippen molar-refractivity contribution in [2.75, 3.05) is 0 Å². The molecule has 0 amide bonds. The largest absolute Gasteiger partial charge is 0.457 e. The summed E-state index contributed by atoms with van der Waals surface area (Å²) < 4.78 is 5.13. The van der Waals surface area contributed by atoms with Gasteiger partial charge in [0.05, 0.1) is 5.56 Å². The lowest BCUT2D eigenvalue weighted by Crippen LogP contribution is -2.05. The van der Waals surface area contributed by atoms with Crippen molar-refractivity contribution in [3.8, 4) is 0 Å². The number of rotatable bonds is 3. The second kappa shape index (κ2) is 5.85. The Kier molecular flexibility index (Phi) is 4.18. The third kappa shape index (κ3) is 3.22. The van der Waals surface area contributed by atoms with E-state index in [1.165, 1.54) is 6.20 Å². The fourth-order valence-electron chi connectivity index (χ4n) is 1.35. The Morgan fingerprint density at radius 2 is 2.11 bits per heavy atom. The number of ether oxygens (including phenoxy) is 1. The zero-order valence-corrected chi connectivity index (χ0v) is 10.8. The van der Waals surface area contributed by atoms with Crippen molar-refractivity contribution >= 4 is 29.2 Å². The quantitative estimate of drug-likeness (QED) is 0.805. The maximum atomic E-state index is 11.7. The molecule has 0 N–H and O–H groups in total. The van der Waals surface area contributed by atoms with Gasteiger partial charge in [-0.1, -0.05) is 29.3 Å². The topological polar surface area (TPSA) is 39.2 Å². The molecule has 0 saturated heterocycles. The molecular formula is C13H9Cl2NO2. The Labute approximate surface area is 114 Å². The molecule has 0 fully saturated rings. The first kappa shape index (κ1) is 12.9. The van der Waals surface area contributed by atoms with E-state index >= 15 is 0 Å². The molecule has 2 aromatic rings.